The summed E-state index contributed by atoms with van der Waals surface area (Å²) in [5, 5.41) is 68.2. The monoisotopic (exact) mass is 1060 g/mol. The zero-order valence-electron chi connectivity index (χ0n) is 45.2. The average Bonchev–Trinajstić information content (AvgIpc) is 3.80. The molecular weight excluding hydrogens is 974 g/mol. The number of likely N-dealkylation sites (N-methyl/N-ethyl adjacent to an activating group) is 2. The van der Waals surface area contributed by atoms with E-state index in [0.29, 0.717) is 51.3 Å². The van der Waals surface area contributed by atoms with Crippen molar-refractivity contribution >= 4 is 15.8 Å². The van der Waals surface area contributed by atoms with Crippen LogP contribution < -0.4 is 4.74 Å². The number of hydrogen-bond acceptors (Lipinski definition) is 19. The largest absolute Gasteiger partial charge is 0.494 e. The van der Waals surface area contributed by atoms with Gasteiger partial charge in [-0.1, -0.05) is 26.0 Å². The number of aliphatic hydroxyl groups excluding tert-OH is 3. The molecule has 3 aliphatic heterocycles. The van der Waals surface area contributed by atoms with Crippen LogP contribution in [0.1, 0.15) is 107 Å². The van der Waals surface area contributed by atoms with Gasteiger partial charge in [0.1, 0.15) is 35.8 Å². The third-order valence-corrected chi connectivity index (χ3v) is 16.8. The van der Waals surface area contributed by atoms with Gasteiger partial charge < -0.3 is 68.5 Å². The van der Waals surface area contributed by atoms with Crippen LogP contribution in [0.3, 0.4) is 0 Å². The highest BCUT2D eigenvalue weighted by Gasteiger charge is 2.53. The van der Waals surface area contributed by atoms with E-state index >= 15 is 0 Å². The minimum atomic E-state index is -3.96. The lowest BCUT2D eigenvalue weighted by molar-refractivity contribution is -0.318. The van der Waals surface area contributed by atoms with Crippen molar-refractivity contribution in [3.63, 3.8) is 0 Å². The first-order valence-corrected chi connectivity index (χ1v) is 27.4. The van der Waals surface area contributed by atoms with Gasteiger partial charge in [-0.25, -0.2) is 12.8 Å². The van der Waals surface area contributed by atoms with Crippen molar-refractivity contribution in [2.75, 3.05) is 46.9 Å². The van der Waals surface area contributed by atoms with Crippen LogP contribution in [0.15, 0.2) is 35.4 Å². The summed E-state index contributed by atoms with van der Waals surface area (Å²) in [5.41, 5.74) is -3.85. The number of aliphatic hydroxyl groups is 5. The second kappa shape index (κ2) is 25.5. The number of esters is 1. The first-order valence-electron chi connectivity index (χ1n) is 25.8. The number of halogens is 1. The van der Waals surface area contributed by atoms with Crippen molar-refractivity contribution in [2.24, 2.45) is 17.8 Å². The molecule has 0 spiro atoms. The van der Waals surface area contributed by atoms with Gasteiger partial charge in [-0.05, 0) is 112 Å². The molecule has 3 fully saturated rings. The Bertz CT molecular complexity index is 2160. The van der Waals surface area contributed by atoms with Crippen molar-refractivity contribution in [3.8, 4) is 5.75 Å². The van der Waals surface area contributed by atoms with Crippen LogP contribution in [-0.4, -0.2) is 202 Å². The maximum absolute atomic E-state index is 14.5. The fourth-order valence-corrected chi connectivity index (χ4v) is 11.6. The molecular formula is C51H86FN5O15S. The van der Waals surface area contributed by atoms with Crippen LogP contribution in [-0.2, 0) is 56.0 Å². The molecule has 0 aliphatic carbocycles. The summed E-state index contributed by atoms with van der Waals surface area (Å²) in [6.07, 6.45) is -6.41. The number of carbonyl (C=O) groups excluding carboxylic acids is 1. The van der Waals surface area contributed by atoms with E-state index in [2.05, 4.69) is 10.3 Å². The Balaban J connectivity index is 1.36. The Morgan fingerprint density at radius 1 is 0.973 bits per heavy atom. The van der Waals surface area contributed by atoms with E-state index in [1.807, 2.05) is 43.9 Å². The molecule has 4 heterocycles. The first kappa shape index (κ1) is 60.9. The quantitative estimate of drug-likeness (QED) is 0.113. The number of methoxy groups -OCH3 is 1. The van der Waals surface area contributed by atoms with Crippen LogP contribution in [0.5, 0.6) is 5.75 Å². The van der Waals surface area contributed by atoms with E-state index in [0.717, 1.165) is 5.69 Å². The summed E-state index contributed by atoms with van der Waals surface area (Å²) < 4.78 is 82.0. The standard InChI is InChI=1S/C51H86FN5O15S/c1-14-40-51(10,63)44(59)34(6)56(12)27-30(2)25-49(8,62)46(32(4)43(33(5)47(61)70-40)71-41-26-50(9,66-13)45(60)35(7)69-41)72-48-42(58)39(24-31(3)68-48)55(11)22-20-36-28-57(54-53-36)21-15-23-67-37-16-18-38(19-17-37)73(64,65)29-52/h16-19,28,30-35,39-46,48,58-60,62-63H,14-15,20-27,29H2,1-13H3/t30-,31-,32+,33-,34-,35+,39+,40-,41+,42-,43+,44-,45+,46-,48+,49-,50-,51-/m1/s1. The summed E-state index contributed by atoms with van der Waals surface area (Å²) in [6.45, 7) is 19.1. The van der Waals surface area contributed by atoms with Crippen LogP contribution in [0.25, 0.3) is 0 Å². The fraction of sp³-hybridized carbons (Fsp3) is 0.824. The molecule has 2 aromatic rings. The number of carbonyl (C=O) groups is 1. The summed E-state index contributed by atoms with van der Waals surface area (Å²) in [6, 6.07) is 3.08. The lowest BCUT2D eigenvalue weighted by atomic mass is 9.77. The van der Waals surface area contributed by atoms with Gasteiger partial charge in [0.15, 0.2) is 18.6 Å². The molecule has 418 valence electrons. The SMILES string of the molecule is CC[C@H]1OC(=O)[C@H](C)[C@@H](O[C@H]2C[C@@](C)(OC)[C@@H](O)[C@H](C)O2)[C@H](C)[C@@H](O[C@@H]2O[C@H](C)C[C@H](N(C)CCc3cn(CCCOc4ccc(S(=O)(=O)CF)cc4)nn3)[C@H]2O)[C@](C)(O)C[C@@H](C)CN(C)[C@H](C)[C@@H](O)[C@]1(C)O. The number of hydrogen-bond donors (Lipinski definition) is 5. The number of aromatic nitrogens is 3. The number of alkyl halides is 1. The van der Waals surface area contributed by atoms with Crippen LogP contribution >= 0.6 is 0 Å². The lowest BCUT2D eigenvalue weighted by Crippen LogP contribution is -2.61. The molecule has 0 bridgehead atoms. The Morgan fingerprint density at radius 3 is 2.27 bits per heavy atom. The zero-order valence-corrected chi connectivity index (χ0v) is 46.0. The molecule has 0 unspecified atom stereocenters. The van der Waals surface area contributed by atoms with E-state index in [-0.39, 0.29) is 36.2 Å². The summed E-state index contributed by atoms with van der Waals surface area (Å²) in [5.74, 6) is -2.40. The van der Waals surface area contributed by atoms with Gasteiger partial charge in [0.2, 0.25) is 9.84 Å². The van der Waals surface area contributed by atoms with E-state index in [9.17, 15) is 43.1 Å². The molecule has 73 heavy (non-hydrogen) atoms. The van der Waals surface area contributed by atoms with E-state index in [1.54, 1.807) is 53.1 Å². The normalized spacial score (nSPS) is 38.9. The van der Waals surface area contributed by atoms with Gasteiger partial charge in [-0.3, -0.25) is 9.48 Å². The number of nitrogens with zero attached hydrogens (tertiary/aromatic N) is 5. The Labute approximate surface area is 431 Å². The molecule has 5 N–H and O–H groups in total. The lowest BCUT2D eigenvalue weighted by Gasteiger charge is -2.49. The van der Waals surface area contributed by atoms with E-state index in [4.69, 9.17) is 33.2 Å². The molecule has 3 saturated heterocycles. The molecule has 5 rings (SSSR count). The maximum atomic E-state index is 14.5. The Kier molecular flexibility index (Phi) is 21.2. The van der Waals surface area contributed by atoms with Crippen LogP contribution in [0.2, 0.25) is 0 Å². The predicted octanol–water partition coefficient (Wildman–Crippen LogP) is 3.27. The highest BCUT2D eigenvalue weighted by molar-refractivity contribution is 7.91. The minimum absolute atomic E-state index is 0.0851. The van der Waals surface area contributed by atoms with E-state index in [1.165, 1.54) is 38.3 Å². The Hall–Kier alpha value is -2.97. The molecule has 0 amide bonds. The highest BCUT2D eigenvalue weighted by Crippen LogP contribution is 2.40. The molecule has 18 atom stereocenters. The van der Waals surface area contributed by atoms with Crippen molar-refractivity contribution in [1.29, 1.82) is 0 Å². The van der Waals surface area contributed by atoms with E-state index < -0.39 is 118 Å². The van der Waals surface area contributed by atoms with Crippen LogP contribution in [0.4, 0.5) is 4.39 Å². The predicted molar refractivity (Wildman–Crippen MR) is 267 cm³/mol. The van der Waals surface area contributed by atoms with Crippen molar-refractivity contribution < 1.29 is 76.3 Å². The number of aryl methyl sites for hydroxylation is 1. The summed E-state index contributed by atoms with van der Waals surface area (Å²) >= 11 is 0. The molecule has 1 aromatic carbocycles. The number of benzene rings is 1. The third kappa shape index (κ3) is 15.0. The average molecular weight is 1060 g/mol. The molecule has 0 radical (unpaired) electrons. The number of ether oxygens (including phenoxy) is 7. The smallest absolute Gasteiger partial charge is 0.311 e. The van der Waals surface area contributed by atoms with Gasteiger partial charge in [-0.15, -0.1) is 5.10 Å². The molecule has 1 aromatic heterocycles. The second-order valence-electron chi connectivity index (χ2n) is 21.8. The van der Waals surface area contributed by atoms with Gasteiger partial charge in [-0.2, -0.15) is 0 Å². The Morgan fingerprint density at radius 2 is 1.64 bits per heavy atom. The van der Waals surface area contributed by atoms with Gasteiger partial charge in [0.05, 0.1) is 58.7 Å². The van der Waals surface area contributed by atoms with Crippen molar-refractivity contribution in [3.05, 3.63) is 36.2 Å². The van der Waals surface area contributed by atoms with Gasteiger partial charge >= 0.3 is 5.97 Å². The number of sulfone groups is 1. The topological polar surface area (TPSA) is 254 Å². The van der Waals surface area contributed by atoms with Gasteiger partial charge in [0, 0.05) is 70.2 Å². The maximum Gasteiger partial charge on any atom is 0.311 e. The summed E-state index contributed by atoms with van der Waals surface area (Å²) in [4.78, 5) is 18.3. The highest BCUT2D eigenvalue weighted by atomic mass is 32.2. The summed E-state index contributed by atoms with van der Waals surface area (Å²) in [7, 11) is 1.26. The molecule has 0 saturated carbocycles. The van der Waals surface area contributed by atoms with Crippen molar-refractivity contribution in [2.45, 2.75) is 210 Å². The fourth-order valence-electron chi connectivity index (χ4n) is 10.9. The molecule has 3 aliphatic rings. The molecule has 22 heteroatoms. The minimum Gasteiger partial charge on any atom is -0.494 e. The number of rotatable bonds is 17. The third-order valence-electron chi connectivity index (χ3n) is 15.5. The second-order valence-corrected chi connectivity index (χ2v) is 23.7. The van der Waals surface area contributed by atoms with Crippen LogP contribution in [0, 0.1) is 17.8 Å². The zero-order chi connectivity index (χ0) is 54.4. The first-order chi connectivity index (χ1) is 34.1. The number of cyclic esters (lactones) is 1. The van der Waals surface area contributed by atoms with Crippen molar-refractivity contribution in [1.82, 2.24) is 24.8 Å². The molecule has 20 nitrogen and oxygen atoms in total. The van der Waals surface area contributed by atoms with Gasteiger partial charge in [0.25, 0.3) is 0 Å².